The zero-order valence-electron chi connectivity index (χ0n) is 17.0. The maximum absolute atomic E-state index is 6.38. The van der Waals surface area contributed by atoms with Gasteiger partial charge >= 0.3 is 172 Å². The van der Waals surface area contributed by atoms with Crippen LogP contribution in [0.1, 0.15) is 16.7 Å². The summed E-state index contributed by atoms with van der Waals surface area (Å²) < 4.78 is 10.7. The van der Waals surface area contributed by atoms with Crippen LogP contribution in [0.3, 0.4) is 0 Å². The topological polar surface area (TPSA) is 9.23 Å². The van der Waals surface area contributed by atoms with Crippen LogP contribution >= 0.6 is 0 Å². The van der Waals surface area contributed by atoms with Gasteiger partial charge in [0, 0.05) is 0 Å². The third kappa shape index (κ3) is 7.53. The Hall–Kier alpha value is -0.0457. The molecule has 0 saturated carbocycles. The number of hydrogen-bond acceptors (Lipinski definition) is 1. The first-order chi connectivity index (χ1) is 12.2. The standard InChI is InChI=1S/C16H14OSi.6CH3.2Sn/c1-2-13-17-18-16(14-9-5-3-6-10-14)15-11-7-4-8-12-15;;;;;;;;/h1,3-12,16H,13H2;6*1H3;;. The zero-order valence-corrected chi connectivity index (χ0v) is 23.8. The van der Waals surface area contributed by atoms with Crippen LogP contribution in [0, 0.1) is 0 Å². The molecule has 4 heteroatoms. The summed E-state index contributed by atoms with van der Waals surface area (Å²) in [5, 5.41) is 0. The molecule has 0 N–H and O–H groups in total. The van der Waals surface area contributed by atoms with E-state index in [2.05, 4.69) is 94.4 Å². The molecular weight excluding hydrogens is 546 g/mol. The van der Waals surface area contributed by atoms with Crippen molar-refractivity contribution >= 4 is 46.5 Å². The predicted molar refractivity (Wildman–Crippen MR) is 121 cm³/mol. The molecule has 0 aliphatic carbocycles. The van der Waals surface area contributed by atoms with E-state index in [1.54, 1.807) is 3.59 Å². The summed E-state index contributed by atoms with van der Waals surface area (Å²) in [6.07, 6.45) is 0. The van der Waals surface area contributed by atoms with Gasteiger partial charge in [-0.1, -0.05) is 0 Å². The van der Waals surface area contributed by atoms with Crippen LogP contribution in [-0.2, 0) is 4.43 Å². The molecule has 1 nitrogen and oxygen atoms in total. The van der Waals surface area contributed by atoms with Crippen molar-refractivity contribution in [2.75, 3.05) is 6.61 Å². The van der Waals surface area contributed by atoms with Crippen LogP contribution in [0.4, 0.5) is 0 Å². The Morgan fingerprint density at radius 3 is 1.69 bits per heavy atom. The quantitative estimate of drug-likeness (QED) is 0.345. The van der Waals surface area contributed by atoms with E-state index in [0.29, 0.717) is 15.3 Å². The summed E-state index contributed by atoms with van der Waals surface area (Å²) in [6.45, 7) is 0.836. The van der Waals surface area contributed by atoms with E-state index >= 15 is 0 Å². The van der Waals surface area contributed by atoms with Crippen LogP contribution in [-0.4, -0.2) is 53.1 Å². The van der Waals surface area contributed by atoms with Gasteiger partial charge in [0.1, 0.15) is 0 Å². The van der Waals surface area contributed by atoms with Gasteiger partial charge in [0.2, 0.25) is 0 Å². The average molecular weight is 578 g/mol. The zero-order chi connectivity index (χ0) is 19.2. The van der Waals surface area contributed by atoms with Gasteiger partial charge < -0.3 is 0 Å². The Kier molecular flexibility index (Phi) is 8.50. The molecule has 138 valence electrons. The van der Waals surface area contributed by atoms with Crippen molar-refractivity contribution in [1.29, 1.82) is 0 Å². The fourth-order valence-electron chi connectivity index (χ4n) is 2.82. The minimum absolute atomic E-state index is 0.326. The SMILES string of the molecule is [CH3][Sn]([CH3])([CH3])/[CH]=[C](/CO[Si]C(c1ccccc1)c1ccccc1)[Sn]([CH3])([CH3])[CH3]. The normalized spacial score (nSPS) is 13.3. The molecule has 0 aliphatic rings. The Labute approximate surface area is 170 Å². The van der Waals surface area contributed by atoms with Gasteiger partial charge in [-0.2, -0.15) is 0 Å². The molecule has 0 heterocycles. The molecule has 2 aromatic rings. The van der Waals surface area contributed by atoms with E-state index in [9.17, 15) is 0 Å². The third-order valence-corrected chi connectivity index (χ3v) is 17.6. The van der Waals surface area contributed by atoms with Crippen LogP contribution in [0.5, 0.6) is 0 Å². The molecule has 0 bridgehead atoms. The van der Waals surface area contributed by atoms with E-state index in [-0.39, 0.29) is 0 Å². The van der Waals surface area contributed by atoms with Crippen molar-refractivity contribution in [2.24, 2.45) is 0 Å². The summed E-state index contributed by atoms with van der Waals surface area (Å²) >= 11 is -4.06. The van der Waals surface area contributed by atoms with E-state index in [4.69, 9.17) is 4.43 Å². The third-order valence-electron chi connectivity index (χ3n) is 4.27. The van der Waals surface area contributed by atoms with Gasteiger partial charge in [-0.15, -0.1) is 0 Å². The molecule has 2 radical (unpaired) electrons. The molecular formula is C22H32OSiSn2. The molecule has 0 amide bonds. The average Bonchev–Trinajstić information content (AvgIpc) is 2.57. The second-order valence-electron chi connectivity index (χ2n) is 8.95. The summed E-state index contributed by atoms with van der Waals surface area (Å²) in [4.78, 5) is 15.0. The van der Waals surface area contributed by atoms with E-state index in [0.717, 1.165) is 6.61 Å². The van der Waals surface area contributed by atoms with Crippen molar-refractivity contribution in [3.63, 3.8) is 0 Å². The monoisotopic (exact) mass is 580 g/mol. The Balaban J connectivity index is 2.16. The molecule has 0 saturated heterocycles. The second-order valence-corrected chi connectivity index (χ2v) is 39.1. The molecule has 0 fully saturated rings. The Morgan fingerprint density at radius 2 is 1.31 bits per heavy atom. The van der Waals surface area contributed by atoms with Crippen molar-refractivity contribution in [2.45, 2.75) is 35.2 Å². The van der Waals surface area contributed by atoms with E-state index < -0.39 is 36.8 Å². The van der Waals surface area contributed by atoms with Crippen molar-refractivity contribution in [3.05, 3.63) is 79.5 Å². The molecule has 26 heavy (non-hydrogen) atoms. The summed E-state index contributed by atoms with van der Waals surface area (Å²) in [6, 6.07) is 21.6. The summed E-state index contributed by atoms with van der Waals surface area (Å²) in [5.41, 5.74) is 3.01. The van der Waals surface area contributed by atoms with Crippen LogP contribution < -0.4 is 0 Å². The molecule has 0 atom stereocenters. The van der Waals surface area contributed by atoms with Crippen molar-refractivity contribution < 1.29 is 4.43 Å². The van der Waals surface area contributed by atoms with Crippen molar-refractivity contribution in [3.8, 4) is 0 Å². The predicted octanol–water partition coefficient (Wildman–Crippen LogP) is 6.09. The fraction of sp³-hybridized carbons (Fsp3) is 0.364. The summed E-state index contributed by atoms with van der Waals surface area (Å²) in [5.74, 6) is 0. The number of benzene rings is 2. The Morgan fingerprint density at radius 1 is 0.846 bits per heavy atom. The van der Waals surface area contributed by atoms with E-state index in [1.807, 2.05) is 0 Å². The number of hydrogen-bond donors (Lipinski definition) is 0. The molecule has 0 unspecified atom stereocenters. The first-order valence-electron chi connectivity index (χ1n) is 9.36. The van der Waals surface area contributed by atoms with Crippen LogP contribution in [0.15, 0.2) is 68.3 Å². The van der Waals surface area contributed by atoms with Crippen molar-refractivity contribution in [1.82, 2.24) is 0 Å². The van der Waals surface area contributed by atoms with Gasteiger partial charge in [0.05, 0.1) is 0 Å². The van der Waals surface area contributed by atoms with Gasteiger partial charge in [-0.05, 0) is 0 Å². The number of rotatable bonds is 8. The molecule has 2 rings (SSSR count). The molecule has 0 aliphatic heterocycles. The van der Waals surface area contributed by atoms with Gasteiger partial charge in [-0.3, -0.25) is 0 Å². The maximum atomic E-state index is 6.38. The van der Waals surface area contributed by atoms with Gasteiger partial charge in [-0.25, -0.2) is 0 Å². The first kappa shape index (κ1) is 22.2. The van der Waals surface area contributed by atoms with Crippen LogP contribution in [0.2, 0.25) is 29.6 Å². The second kappa shape index (κ2) is 9.94. The molecule has 2 aromatic carbocycles. The summed E-state index contributed by atoms with van der Waals surface area (Å²) in [7, 11) is 0.453. The van der Waals surface area contributed by atoms with E-state index in [1.165, 1.54) is 11.1 Å². The van der Waals surface area contributed by atoms with Gasteiger partial charge in [0.25, 0.3) is 0 Å². The molecule has 0 aromatic heterocycles. The first-order valence-corrected chi connectivity index (χ1v) is 30.5. The molecule has 0 spiro atoms. The fourth-order valence-corrected chi connectivity index (χ4v) is 26.8. The Bertz CT molecular complexity index is 661. The van der Waals surface area contributed by atoms with Gasteiger partial charge in [0.15, 0.2) is 0 Å². The van der Waals surface area contributed by atoms with Crippen LogP contribution in [0.25, 0.3) is 0 Å². The minimum atomic E-state index is -2.10.